The lowest BCUT2D eigenvalue weighted by Crippen LogP contribution is -2.38. The van der Waals surface area contributed by atoms with E-state index in [4.69, 9.17) is 0 Å². The maximum atomic E-state index is 13.9. The minimum absolute atomic E-state index is 0. The molecule has 0 aliphatic carbocycles. The Balaban J connectivity index is 0.00000280. The molecule has 2 N–H and O–H groups in total. The minimum Gasteiger partial charge on any atom is -0.357 e. The molecule has 0 bridgehead atoms. The average molecular weight is 492 g/mol. The van der Waals surface area contributed by atoms with E-state index in [-0.39, 0.29) is 35.8 Å². The smallest absolute Gasteiger partial charge is 0.192 e. The van der Waals surface area contributed by atoms with E-state index in [1.807, 2.05) is 44.3 Å². The van der Waals surface area contributed by atoms with Gasteiger partial charge in [-0.25, -0.2) is 9.38 Å². The lowest BCUT2D eigenvalue weighted by Gasteiger charge is -2.18. The van der Waals surface area contributed by atoms with E-state index >= 15 is 0 Å². The molecule has 28 heavy (non-hydrogen) atoms. The van der Waals surface area contributed by atoms with Crippen molar-refractivity contribution in [3.05, 3.63) is 77.4 Å². The first-order valence-electron chi connectivity index (χ1n) is 9.22. The molecule has 0 radical (unpaired) electrons. The third kappa shape index (κ3) is 5.41. The number of halogens is 2. The molecule has 0 saturated heterocycles. The Morgan fingerprint density at radius 1 is 1.18 bits per heavy atom. The van der Waals surface area contributed by atoms with Gasteiger partial charge in [0.05, 0.1) is 18.3 Å². The molecule has 3 aromatic rings. The van der Waals surface area contributed by atoms with Crippen molar-refractivity contribution >= 4 is 40.7 Å². The fourth-order valence-corrected chi connectivity index (χ4v) is 2.95. The van der Waals surface area contributed by atoms with Crippen LogP contribution in [0.3, 0.4) is 0 Å². The SMILES string of the molecule is CCNC(=NCc1nccc2ccccc12)NC(C)c1ccc(C)c(F)c1.I. The number of hydrogen-bond donors (Lipinski definition) is 2. The molecular weight excluding hydrogens is 466 g/mol. The first-order chi connectivity index (χ1) is 13.1. The zero-order chi connectivity index (χ0) is 19.2. The van der Waals surface area contributed by atoms with E-state index in [1.54, 1.807) is 19.1 Å². The first-order valence-corrected chi connectivity index (χ1v) is 9.22. The van der Waals surface area contributed by atoms with Crippen LogP contribution in [0.25, 0.3) is 10.8 Å². The average Bonchev–Trinajstić information content (AvgIpc) is 2.68. The van der Waals surface area contributed by atoms with Crippen molar-refractivity contribution in [3.63, 3.8) is 0 Å². The number of nitrogens with one attached hydrogen (secondary N) is 2. The second kappa shape index (κ2) is 10.4. The Morgan fingerprint density at radius 3 is 2.71 bits per heavy atom. The van der Waals surface area contributed by atoms with Gasteiger partial charge in [-0.1, -0.05) is 36.4 Å². The van der Waals surface area contributed by atoms with E-state index in [2.05, 4.69) is 32.7 Å². The third-order valence-corrected chi connectivity index (χ3v) is 4.54. The summed E-state index contributed by atoms with van der Waals surface area (Å²) >= 11 is 0. The van der Waals surface area contributed by atoms with E-state index in [9.17, 15) is 4.39 Å². The van der Waals surface area contributed by atoms with Gasteiger partial charge in [0, 0.05) is 18.1 Å². The van der Waals surface area contributed by atoms with E-state index < -0.39 is 0 Å². The monoisotopic (exact) mass is 492 g/mol. The Labute approximate surface area is 182 Å². The van der Waals surface area contributed by atoms with Gasteiger partial charge in [-0.2, -0.15) is 0 Å². The summed E-state index contributed by atoms with van der Waals surface area (Å²) in [5.74, 6) is 0.490. The maximum Gasteiger partial charge on any atom is 0.192 e. The Kier molecular flexibility index (Phi) is 8.17. The van der Waals surface area contributed by atoms with Crippen molar-refractivity contribution in [2.24, 2.45) is 4.99 Å². The normalized spacial score (nSPS) is 12.4. The number of nitrogens with zero attached hydrogens (tertiary/aromatic N) is 2. The fourth-order valence-electron chi connectivity index (χ4n) is 2.95. The van der Waals surface area contributed by atoms with Gasteiger partial charge >= 0.3 is 0 Å². The molecule has 0 spiro atoms. The summed E-state index contributed by atoms with van der Waals surface area (Å²) in [4.78, 5) is 9.16. The molecule has 1 unspecified atom stereocenters. The van der Waals surface area contributed by atoms with E-state index in [0.717, 1.165) is 28.6 Å². The highest BCUT2D eigenvalue weighted by Crippen LogP contribution is 2.18. The highest BCUT2D eigenvalue weighted by Gasteiger charge is 2.10. The highest BCUT2D eigenvalue weighted by molar-refractivity contribution is 14.0. The van der Waals surface area contributed by atoms with Crippen LogP contribution in [0.1, 0.15) is 36.7 Å². The van der Waals surface area contributed by atoms with Gasteiger partial charge in [0.15, 0.2) is 5.96 Å². The van der Waals surface area contributed by atoms with Crippen LogP contribution >= 0.6 is 24.0 Å². The Morgan fingerprint density at radius 2 is 1.96 bits per heavy atom. The van der Waals surface area contributed by atoms with Crippen molar-refractivity contribution < 1.29 is 4.39 Å². The summed E-state index contributed by atoms with van der Waals surface area (Å²) in [6, 6.07) is 15.4. The summed E-state index contributed by atoms with van der Waals surface area (Å²) < 4.78 is 13.9. The predicted molar refractivity (Wildman–Crippen MR) is 125 cm³/mol. The summed E-state index contributed by atoms with van der Waals surface area (Å²) in [6.45, 7) is 6.98. The topological polar surface area (TPSA) is 49.3 Å². The number of hydrogen-bond acceptors (Lipinski definition) is 2. The molecular formula is C22H26FIN4. The number of guanidine groups is 1. The van der Waals surface area contributed by atoms with Crippen molar-refractivity contribution in [1.82, 2.24) is 15.6 Å². The quantitative estimate of drug-likeness (QED) is 0.296. The van der Waals surface area contributed by atoms with Crippen LogP contribution in [0.2, 0.25) is 0 Å². The van der Waals surface area contributed by atoms with Crippen molar-refractivity contribution in [1.29, 1.82) is 0 Å². The lowest BCUT2D eigenvalue weighted by molar-refractivity contribution is 0.607. The second-order valence-electron chi connectivity index (χ2n) is 6.55. The largest absolute Gasteiger partial charge is 0.357 e. The van der Waals surface area contributed by atoms with Crippen LogP contribution in [0, 0.1) is 12.7 Å². The van der Waals surface area contributed by atoms with Gasteiger partial charge in [0.2, 0.25) is 0 Å². The van der Waals surface area contributed by atoms with Crippen molar-refractivity contribution in [2.75, 3.05) is 6.54 Å². The van der Waals surface area contributed by atoms with Crippen LogP contribution in [-0.4, -0.2) is 17.5 Å². The maximum absolute atomic E-state index is 13.9. The van der Waals surface area contributed by atoms with Crippen LogP contribution < -0.4 is 10.6 Å². The molecule has 1 heterocycles. The van der Waals surface area contributed by atoms with Gasteiger partial charge in [0.1, 0.15) is 5.82 Å². The van der Waals surface area contributed by atoms with Gasteiger partial charge in [-0.3, -0.25) is 4.98 Å². The number of fused-ring (bicyclic) bond motifs is 1. The van der Waals surface area contributed by atoms with Crippen LogP contribution in [-0.2, 0) is 6.54 Å². The molecule has 0 amide bonds. The first kappa shape index (κ1) is 22.1. The van der Waals surface area contributed by atoms with Gasteiger partial charge in [0.25, 0.3) is 0 Å². The summed E-state index contributed by atoms with van der Waals surface area (Å²) in [5.41, 5.74) is 2.46. The molecule has 6 heteroatoms. The zero-order valence-corrected chi connectivity index (χ0v) is 18.7. The number of aliphatic imine (C=N–C) groups is 1. The standard InChI is InChI=1S/C22H25FN4.HI/c1-4-24-22(27-16(3)18-10-9-15(2)20(23)13-18)26-14-21-19-8-6-5-7-17(19)11-12-25-21;/h5-13,16H,4,14H2,1-3H3,(H2,24,26,27);1H. The molecule has 0 fully saturated rings. The summed E-state index contributed by atoms with van der Waals surface area (Å²) in [5, 5.41) is 8.85. The molecule has 0 saturated carbocycles. The van der Waals surface area contributed by atoms with Crippen molar-refractivity contribution in [2.45, 2.75) is 33.4 Å². The molecule has 3 rings (SSSR count). The number of benzene rings is 2. The number of pyridine rings is 1. The van der Waals surface area contributed by atoms with Gasteiger partial charge < -0.3 is 10.6 Å². The molecule has 1 aromatic heterocycles. The van der Waals surface area contributed by atoms with Crippen LogP contribution in [0.15, 0.2) is 59.7 Å². The minimum atomic E-state index is -0.192. The number of aryl methyl sites for hydroxylation is 1. The number of aromatic nitrogens is 1. The van der Waals surface area contributed by atoms with Gasteiger partial charge in [-0.05, 0) is 49.4 Å². The third-order valence-electron chi connectivity index (χ3n) is 4.54. The Hall–Kier alpha value is -2.22. The predicted octanol–water partition coefficient (Wildman–Crippen LogP) is 5.12. The second-order valence-corrected chi connectivity index (χ2v) is 6.55. The number of rotatable bonds is 5. The van der Waals surface area contributed by atoms with E-state index in [0.29, 0.717) is 18.1 Å². The molecule has 2 aromatic carbocycles. The van der Waals surface area contributed by atoms with Crippen LogP contribution in [0.5, 0.6) is 0 Å². The Bertz CT molecular complexity index is 953. The van der Waals surface area contributed by atoms with E-state index in [1.165, 1.54) is 0 Å². The zero-order valence-electron chi connectivity index (χ0n) is 16.4. The van der Waals surface area contributed by atoms with Gasteiger partial charge in [-0.15, -0.1) is 24.0 Å². The molecule has 4 nitrogen and oxygen atoms in total. The highest BCUT2D eigenvalue weighted by atomic mass is 127. The van der Waals surface area contributed by atoms with Crippen LogP contribution in [0.4, 0.5) is 4.39 Å². The fraction of sp³-hybridized carbons (Fsp3) is 0.273. The molecule has 1 atom stereocenters. The summed E-state index contributed by atoms with van der Waals surface area (Å²) in [7, 11) is 0. The molecule has 0 aliphatic rings. The van der Waals surface area contributed by atoms with Crippen molar-refractivity contribution in [3.8, 4) is 0 Å². The summed E-state index contributed by atoms with van der Waals surface area (Å²) in [6.07, 6.45) is 1.81. The molecule has 0 aliphatic heterocycles. The lowest BCUT2D eigenvalue weighted by atomic mass is 10.1. The molecule has 148 valence electrons.